The Morgan fingerprint density at radius 3 is 1.91 bits per heavy atom. The minimum Gasteiger partial charge on any atom is -0.387 e. The first-order chi connectivity index (χ1) is 10.9. The molecule has 0 aliphatic carbocycles. The van der Waals surface area contributed by atoms with Crippen LogP contribution in [0.4, 0.5) is 13.2 Å². The first-order valence-electron chi connectivity index (χ1n) is 7.14. The Labute approximate surface area is 132 Å². The summed E-state index contributed by atoms with van der Waals surface area (Å²) in [4.78, 5) is 0. The van der Waals surface area contributed by atoms with Gasteiger partial charge in [-0.25, -0.2) is 0 Å². The standard InChI is InChI=1S/C17H18F3NO2/c18-17(19,20)16(23)14(15(22)13-9-5-2-6-10-13)21-11-12-7-3-1-4-8-12/h1-10,14-16,21-23H,11H2/t14-,15-,16-/m0/s1. The minimum absolute atomic E-state index is 0.0997. The van der Waals surface area contributed by atoms with Gasteiger partial charge < -0.3 is 15.5 Å². The van der Waals surface area contributed by atoms with Gasteiger partial charge in [0, 0.05) is 6.54 Å². The van der Waals surface area contributed by atoms with Crippen LogP contribution in [-0.4, -0.2) is 28.5 Å². The highest BCUT2D eigenvalue weighted by atomic mass is 19.4. The predicted octanol–water partition coefficient (Wildman–Crippen LogP) is 2.80. The summed E-state index contributed by atoms with van der Waals surface area (Å²) >= 11 is 0. The molecule has 0 bridgehead atoms. The lowest BCUT2D eigenvalue weighted by atomic mass is 9.97. The fourth-order valence-electron chi connectivity index (χ4n) is 2.29. The molecule has 0 aliphatic heterocycles. The van der Waals surface area contributed by atoms with Crippen LogP contribution in [0.2, 0.25) is 0 Å². The zero-order chi connectivity index (χ0) is 16.9. The fraction of sp³-hybridized carbons (Fsp3) is 0.294. The second-order valence-corrected chi connectivity index (χ2v) is 5.23. The van der Waals surface area contributed by atoms with Gasteiger partial charge >= 0.3 is 6.18 Å². The number of benzene rings is 2. The van der Waals surface area contributed by atoms with Gasteiger partial charge in [-0.05, 0) is 11.1 Å². The topological polar surface area (TPSA) is 52.5 Å². The number of aliphatic hydroxyl groups is 2. The molecule has 3 atom stereocenters. The van der Waals surface area contributed by atoms with E-state index in [2.05, 4.69) is 5.32 Å². The first-order valence-corrected chi connectivity index (χ1v) is 7.14. The molecule has 0 aliphatic rings. The van der Waals surface area contributed by atoms with Gasteiger partial charge in [-0.3, -0.25) is 0 Å². The van der Waals surface area contributed by atoms with Crippen molar-refractivity contribution in [2.24, 2.45) is 0 Å². The largest absolute Gasteiger partial charge is 0.415 e. The Bertz CT molecular complexity index is 590. The van der Waals surface area contributed by atoms with Crippen molar-refractivity contribution in [3.8, 4) is 0 Å². The van der Waals surface area contributed by atoms with Crippen molar-refractivity contribution < 1.29 is 23.4 Å². The molecule has 0 amide bonds. The summed E-state index contributed by atoms with van der Waals surface area (Å²) in [6.07, 6.45) is -9.00. The van der Waals surface area contributed by atoms with Crippen LogP contribution in [0.3, 0.4) is 0 Å². The van der Waals surface area contributed by atoms with Gasteiger partial charge in [-0.1, -0.05) is 60.7 Å². The van der Waals surface area contributed by atoms with E-state index in [-0.39, 0.29) is 6.54 Å². The van der Waals surface area contributed by atoms with E-state index in [0.29, 0.717) is 5.56 Å². The van der Waals surface area contributed by atoms with Crippen molar-refractivity contribution in [2.45, 2.75) is 31.0 Å². The molecular formula is C17H18F3NO2. The van der Waals surface area contributed by atoms with Crippen molar-refractivity contribution >= 4 is 0 Å². The molecule has 23 heavy (non-hydrogen) atoms. The average molecular weight is 325 g/mol. The Hall–Kier alpha value is -1.89. The summed E-state index contributed by atoms with van der Waals surface area (Å²) in [5.74, 6) is 0. The summed E-state index contributed by atoms with van der Waals surface area (Å²) < 4.78 is 38.7. The minimum atomic E-state index is -4.83. The van der Waals surface area contributed by atoms with Gasteiger partial charge in [-0.15, -0.1) is 0 Å². The Balaban J connectivity index is 2.18. The maximum Gasteiger partial charge on any atom is 0.415 e. The SMILES string of the molecule is O[C@@H](c1ccccc1)[C@H](NCc1ccccc1)[C@H](O)C(F)(F)F. The maximum absolute atomic E-state index is 12.9. The van der Waals surface area contributed by atoms with Crippen LogP contribution in [0.15, 0.2) is 60.7 Å². The molecular weight excluding hydrogens is 307 g/mol. The monoisotopic (exact) mass is 325 g/mol. The number of nitrogens with one attached hydrogen (secondary N) is 1. The average Bonchev–Trinajstić information content (AvgIpc) is 2.55. The third-order valence-corrected chi connectivity index (χ3v) is 3.54. The molecule has 0 spiro atoms. The molecule has 0 radical (unpaired) electrons. The van der Waals surface area contributed by atoms with Crippen molar-refractivity contribution in [1.29, 1.82) is 0 Å². The van der Waals surface area contributed by atoms with E-state index in [1.165, 1.54) is 12.1 Å². The normalized spacial score (nSPS) is 15.9. The summed E-state index contributed by atoms with van der Waals surface area (Å²) in [5.41, 5.74) is 1.06. The van der Waals surface area contributed by atoms with Crippen molar-refractivity contribution in [3.05, 3.63) is 71.8 Å². The summed E-state index contributed by atoms with van der Waals surface area (Å²) in [6.45, 7) is 0.0997. The molecule has 124 valence electrons. The number of alkyl halides is 3. The molecule has 0 unspecified atom stereocenters. The smallest absolute Gasteiger partial charge is 0.387 e. The lowest BCUT2D eigenvalue weighted by molar-refractivity contribution is -0.220. The lowest BCUT2D eigenvalue weighted by Crippen LogP contribution is -2.51. The fourth-order valence-corrected chi connectivity index (χ4v) is 2.29. The van der Waals surface area contributed by atoms with Gasteiger partial charge in [0.2, 0.25) is 0 Å². The Kier molecular flexibility index (Phi) is 5.76. The highest BCUT2D eigenvalue weighted by Gasteiger charge is 2.46. The number of rotatable bonds is 6. The van der Waals surface area contributed by atoms with Gasteiger partial charge in [-0.2, -0.15) is 13.2 Å². The van der Waals surface area contributed by atoms with Crippen LogP contribution in [0, 0.1) is 0 Å². The highest BCUT2D eigenvalue weighted by molar-refractivity contribution is 5.20. The van der Waals surface area contributed by atoms with E-state index >= 15 is 0 Å². The van der Waals surface area contributed by atoms with Crippen LogP contribution >= 0.6 is 0 Å². The molecule has 2 aromatic rings. The quantitative estimate of drug-likeness (QED) is 0.765. The van der Waals surface area contributed by atoms with Crippen LogP contribution < -0.4 is 5.32 Å². The van der Waals surface area contributed by atoms with Gasteiger partial charge in [0.1, 0.15) is 0 Å². The molecule has 0 aromatic heterocycles. The zero-order valence-electron chi connectivity index (χ0n) is 12.2. The summed E-state index contributed by atoms with van der Waals surface area (Å²) in [5, 5.41) is 22.5. The third-order valence-electron chi connectivity index (χ3n) is 3.54. The molecule has 2 aromatic carbocycles. The van der Waals surface area contributed by atoms with Gasteiger partial charge in [0.05, 0.1) is 12.1 Å². The molecule has 0 fully saturated rings. The predicted molar refractivity (Wildman–Crippen MR) is 80.5 cm³/mol. The summed E-state index contributed by atoms with van der Waals surface area (Å²) in [7, 11) is 0. The second kappa shape index (κ2) is 7.59. The summed E-state index contributed by atoms with van der Waals surface area (Å²) in [6, 6.07) is 15.2. The van der Waals surface area contributed by atoms with Crippen molar-refractivity contribution in [2.75, 3.05) is 0 Å². The van der Waals surface area contributed by atoms with E-state index in [9.17, 15) is 23.4 Å². The Morgan fingerprint density at radius 2 is 1.39 bits per heavy atom. The Morgan fingerprint density at radius 1 is 0.870 bits per heavy atom. The number of hydrogen-bond donors (Lipinski definition) is 3. The zero-order valence-corrected chi connectivity index (χ0v) is 12.2. The van der Waals surface area contributed by atoms with E-state index in [1.54, 1.807) is 48.5 Å². The van der Waals surface area contributed by atoms with Crippen molar-refractivity contribution in [1.82, 2.24) is 5.32 Å². The lowest BCUT2D eigenvalue weighted by Gasteiger charge is -2.30. The maximum atomic E-state index is 12.9. The third kappa shape index (κ3) is 4.79. The van der Waals surface area contributed by atoms with Gasteiger partial charge in [0.25, 0.3) is 0 Å². The molecule has 2 rings (SSSR count). The molecule has 3 nitrogen and oxygen atoms in total. The number of hydrogen-bond acceptors (Lipinski definition) is 3. The highest BCUT2D eigenvalue weighted by Crippen LogP contribution is 2.29. The molecule has 0 saturated heterocycles. The van der Waals surface area contributed by atoms with Crippen LogP contribution in [-0.2, 0) is 6.54 Å². The van der Waals surface area contributed by atoms with Crippen LogP contribution in [0.25, 0.3) is 0 Å². The van der Waals surface area contributed by atoms with Crippen molar-refractivity contribution in [3.63, 3.8) is 0 Å². The number of aliphatic hydroxyl groups excluding tert-OH is 2. The molecule has 3 N–H and O–H groups in total. The van der Waals surface area contributed by atoms with E-state index in [0.717, 1.165) is 5.56 Å². The van der Waals surface area contributed by atoms with E-state index < -0.39 is 24.4 Å². The van der Waals surface area contributed by atoms with E-state index in [1.807, 2.05) is 0 Å². The van der Waals surface area contributed by atoms with Crippen LogP contribution in [0.1, 0.15) is 17.2 Å². The molecule has 6 heteroatoms. The van der Waals surface area contributed by atoms with E-state index in [4.69, 9.17) is 0 Å². The van der Waals surface area contributed by atoms with Crippen LogP contribution in [0.5, 0.6) is 0 Å². The number of halogens is 3. The van der Waals surface area contributed by atoms with Gasteiger partial charge in [0.15, 0.2) is 6.10 Å². The molecule has 0 saturated carbocycles. The first kappa shape index (κ1) is 17.5. The second-order valence-electron chi connectivity index (χ2n) is 5.23. The molecule has 0 heterocycles.